The largest absolute Gasteiger partial charge is 0.389 e. The maximum absolute atomic E-state index is 10.0. The molecule has 0 bridgehead atoms. The van der Waals surface area contributed by atoms with E-state index in [0.29, 0.717) is 18.2 Å². The lowest BCUT2D eigenvalue weighted by molar-refractivity contribution is -0.0190. The Morgan fingerprint density at radius 3 is 2.43 bits per heavy atom. The molecule has 0 aliphatic carbocycles. The van der Waals surface area contributed by atoms with Crippen LogP contribution in [0.25, 0.3) is 0 Å². The van der Waals surface area contributed by atoms with Crippen LogP contribution in [-0.2, 0) is 11.3 Å². The molecule has 120 valence electrons. The zero-order valence-electron chi connectivity index (χ0n) is 13.2. The van der Waals surface area contributed by atoms with E-state index in [0.717, 1.165) is 5.56 Å². The summed E-state index contributed by atoms with van der Waals surface area (Å²) in [5.41, 5.74) is -0.488. The highest BCUT2D eigenvalue weighted by Crippen LogP contribution is 2.20. The van der Waals surface area contributed by atoms with Crippen LogP contribution in [0, 0.1) is 0 Å². The first-order valence-electron chi connectivity index (χ1n) is 7.10. The normalized spacial score (nSPS) is 14.2. The Bertz CT molecular complexity index is 443. The van der Waals surface area contributed by atoms with Crippen molar-refractivity contribution in [3.63, 3.8) is 0 Å². The molecule has 0 aliphatic heterocycles. The van der Waals surface area contributed by atoms with Crippen LogP contribution >= 0.6 is 11.6 Å². The first-order valence-corrected chi connectivity index (χ1v) is 7.48. The van der Waals surface area contributed by atoms with Gasteiger partial charge >= 0.3 is 0 Å². The van der Waals surface area contributed by atoms with E-state index in [1.807, 2.05) is 38.1 Å². The van der Waals surface area contributed by atoms with E-state index in [2.05, 4.69) is 5.32 Å². The van der Waals surface area contributed by atoms with Gasteiger partial charge < -0.3 is 20.3 Å². The maximum atomic E-state index is 10.0. The Labute approximate surface area is 132 Å². The molecule has 0 heterocycles. The second-order valence-electron chi connectivity index (χ2n) is 6.33. The first-order chi connectivity index (χ1) is 9.63. The molecule has 0 spiro atoms. The van der Waals surface area contributed by atoms with Crippen LogP contribution in [0.5, 0.6) is 0 Å². The molecule has 21 heavy (non-hydrogen) atoms. The Morgan fingerprint density at radius 1 is 1.24 bits per heavy atom. The molecule has 1 unspecified atom stereocenters. The lowest BCUT2D eigenvalue weighted by atomic mass is 9.86. The number of β-amino-alcohol motifs (C(OH)–C–C–N with tert-alkyl or cyclic N) is 1. The third kappa shape index (κ3) is 5.93. The molecule has 0 aliphatic rings. The van der Waals surface area contributed by atoms with E-state index in [1.165, 1.54) is 0 Å². The summed E-state index contributed by atoms with van der Waals surface area (Å²) < 4.78 is 5.48. The fourth-order valence-corrected chi connectivity index (χ4v) is 1.76. The number of benzene rings is 1. The SMILES string of the molecule is CC(C)(O)C(C)(C)NCC(O)COCc1ccccc1Cl. The number of aliphatic hydroxyl groups is 2. The Hall–Kier alpha value is -0.650. The van der Waals surface area contributed by atoms with Crippen molar-refractivity contribution in [2.24, 2.45) is 0 Å². The van der Waals surface area contributed by atoms with Gasteiger partial charge in [0.1, 0.15) is 0 Å². The Balaban J connectivity index is 2.32. The monoisotopic (exact) mass is 315 g/mol. The minimum Gasteiger partial charge on any atom is -0.389 e. The van der Waals surface area contributed by atoms with E-state index in [1.54, 1.807) is 13.8 Å². The molecule has 3 N–H and O–H groups in total. The van der Waals surface area contributed by atoms with Crippen LogP contribution in [-0.4, -0.2) is 40.6 Å². The molecule has 1 aromatic carbocycles. The van der Waals surface area contributed by atoms with Gasteiger partial charge in [-0.15, -0.1) is 0 Å². The predicted molar refractivity (Wildman–Crippen MR) is 85.5 cm³/mol. The zero-order chi connectivity index (χ0) is 16.1. The summed E-state index contributed by atoms with van der Waals surface area (Å²) in [7, 11) is 0. The number of ether oxygens (including phenoxy) is 1. The van der Waals surface area contributed by atoms with Crippen molar-refractivity contribution >= 4 is 11.6 Å². The fourth-order valence-electron chi connectivity index (χ4n) is 1.57. The van der Waals surface area contributed by atoms with Crippen LogP contribution in [0.2, 0.25) is 5.02 Å². The van der Waals surface area contributed by atoms with Crippen molar-refractivity contribution in [3.05, 3.63) is 34.9 Å². The molecular weight excluding hydrogens is 290 g/mol. The summed E-state index contributed by atoms with van der Waals surface area (Å²) in [6, 6.07) is 7.46. The summed E-state index contributed by atoms with van der Waals surface area (Å²) in [4.78, 5) is 0. The van der Waals surface area contributed by atoms with Gasteiger partial charge in [-0.1, -0.05) is 29.8 Å². The number of rotatable bonds is 8. The second-order valence-corrected chi connectivity index (χ2v) is 6.73. The van der Waals surface area contributed by atoms with E-state index < -0.39 is 17.2 Å². The van der Waals surface area contributed by atoms with Gasteiger partial charge in [0.25, 0.3) is 0 Å². The van der Waals surface area contributed by atoms with Gasteiger partial charge in [-0.05, 0) is 39.3 Å². The quantitative estimate of drug-likeness (QED) is 0.689. The lowest BCUT2D eigenvalue weighted by Gasteiger charge is -2.38. The van der Waals surface area contributed by atoms with Crippen molar-refractivity contribution in [1.82, 2.24) is 5.32 Å². The van der Waals surface area contributed by atoms with Gasteiger partial charge in [-0.25, -0.2) is 0 Å². The van der Waals surface area contributed by atoms with Crippen molar-refractivity contribution in [1.29, 1.82) is 0 Å². The molecule has 0 amide bonds. The molecule has 5 heteroatoms. The van der Waals surface area contributed by atoms with Gasteiger partial charge in [0, 0.05) is 17.1 Å². The van der Waals surface area contributed by atoms with Crippen LogP contribution in [0.15, 0.2) is 24.3 Å². The summed E-state index contributed by atoms with van der Waals surface area (Å²) >= 11 is 6.03. The van der Waals surface area contributed by atoms with Gasteiger partial charge in [0.05, 0.1) is 24.9 Å². The van der Waals surface area contributed by atoms with Crippen LogP contribution in [0.4, 0.5) is 0 Å². The average Bonchev–Trinajstić information content (AvgIpc) is 2.37. The highest BCUT2D eigenvalue weighted by Gasteiger charge is 2.34. The average molecular weight is 316 g/mol. The zero-order valence-corrected chi connectivity index (χ0v) is 13.9. The Morgan fingerprint density at radius 2 is 1.86 bits per heavy atom. The number of halogens is 1. The molecular formula is C16H26ClNO3. The van der Waals surface area contributed by atoms with E-state index >= 15 is 0 Å². The minimum atomic E-state index is -0.884. The van der Waals surface area contributed by atoms with Crippen molar-refractivity contribution < 1.29 is 14.9 Å². The van der Waals surface area contributed by atoms with Crippen molar-refractivity contribution in [2.75, 3.05) is 13.2 Å². The minimum absolute atomic E-state index is 0.208. The summed E-state index contributed by atoms with van der Waals surface area (Å²) in [6.07, 6.45) is -0.644. The van der Waals surface area contributed by atoms with E-state index in [9.17, 15) is 10.2 Å². The fraction of sp³-hybridized carbons (Fsp3) is 0.625. The Kier molecular flexibility index (Phi) is 6.63. The van der Waals surface area contributed by atoms with Crippen molar-refractivity contribution in [2.45, 2.75) is 51.5 Å². The van der Waals surface area contributed by atoms with E-state index in [-0.39, 0.29) is 6.61 Å². The van der Waals surface area contributed by atoms with Gasteiger partial charge in [0.2, 0.25) is 0 Å². The number of aliphatic hydroxyl groups excluding tert-OH is 1. The highest BCUT2D eigenvalue weighted by atomic mass is 35.5. The standard InChI is InChI=1S/C16H26ClNO3/c1-15(2,16(3,4)20)18-9-13(19)11-21-10-12-7-5-6-8-14(12)17/h5-8,13,18-20H,9-11H2,1-4H3. The van der Waals surface area contributed by atoms with E-state index in [4.69, 9.17) is 16.3 Å². The van der Waals surface area contributed by atoms with Gasteiger partial charge in [0.15, 0.2) is 0 Å². The molecule has 4 nitrogen and oxygen atoms in total. The maximum Gasteiger partial charge on any atom is 0.0898 e. The summed E-state index contributed by atoms with van der Waals surface area (Å²) in [5.74, 6) is 0. The van der Waals surface area contributed by atoms with Gasteiger partial charge in [-0.2, -0.15) is 0 Å². The van der Waals surface area contributed by atoms with Crippen molar-refractivity contribution in [3.8, 4) is 0 Å². The van der Waals surface area contributed by atoms with Crippen LogP contribution < -0.4 is 5.32 Å². The number of hydrogen-bond acceptors (Lipinski definition) is 4. The molecule has 1 rings (SSSR count). The van der Waals surface area contributed by atoms with Crippen LogP contribution in [0.3, 0.4) is 0 Å². The predicted octanol–water partition coefficient (Wildman–Crippen LogP) is 2.36. The third-order valence-electron chi connectivity index (χ3n) is 3.83. The number of nitrogens with one attached hydrogen (secondary N) is 1. The number of hydrogen-bond donors (Lipinski definition) is 3. The molecule has 0 saturated heterocycles. The summed E-state index contributed by atoms with van der Waals surface area (Å²) in [5, 5.41) is 23.8. The topological polar surface area (TPSA) is 61.7 Å². The summed E-state index contributed by atoms with van der Waals surface area (Å²) in [6.45, 7) is 8.18. The smallest absolute Gasteiger partial charge is 0.0898 e. The lowest BCUT2D eigenvalue weighted by Crippen LogP contribution is -2.57. The first kappa shape index (κ1) is 18.4. The highest BCUT2D eigenvalue weighted by molar-refractivity contribution is 6.31. The molecule has 0 aromatic heterocycles. The van der Waals surface area contributed by atoms with Gasteiger partial charge in [-0.3, -0.25) is 0 Å². The molecule has 0 saturated carbocycles. The molecule has 1 atom stereocenters. The third-order valence-corrected chi connectivity index (χ3v) is 4.20. The van der Waals surface area contributed by atoms with Crippen LogP contribution in [0.1, 0.15) is 33.3 Å². The molecule has 0 fully saturated rings. The molecule has 0 radical (unpaired) electrons. The second kappa shape index (κ2) is 7.56. The molecule has 1 aromatic rings.